The van der Waals surface area contributed by atoms with Gasteiger partial charge in [0.05, 0.1) is 23.4 Å². The fourth-order valence-corrected chi connectivity index (χ4v) is 3.29. The summed E-state index contributed by atoms with van der Waals surface area (Å²) in [5.41, 5.74) is 3.45. The van der Waals surface area contributed by atoms with Crippen LogP contribution in [0.2, 0.25) is 5.02 Å². The van der Waals surface area contributed by atoms with Crippen LogP contribution in [0.4, 0.5) is 11.4 Å². The number of carbonyl (C=O) groups excluding carboxylic acids is 2. The average Bonchev–Trinajstić information content (AvgIpc) is 2.73. The number of anilines is 2. The highest BCUT2D eigenvalue weighted by atomic mass is 35.5. The second-order valence-corrected chi connectivity index (χ2v) is 7.42. The summed E-state index contributed by atoms with van der Waals surface area (Å²) >= 11 is 6.08. The molecular formula is C24H23ClN2O4. The number of benzene rings is 3. The summed E-state index contributed by atoms with van der Waals surface area (Å²) in [5.74, 6) is 0.368. The van der Waals surface area contributed by atoms with Crippen LogP contribution >= 0.6 is 11.6 Å². The molecule has 0 spiro atoms. The molecule has 0 unspecified atom stereocenters. The van der Waals surface area contributed by atoms with Crippen molar-refractivity contribution in [1.82, 2.24) is 0 Å². The standard InChI is InChI=1S/C24H23ClN2O4/c1-15-10-16(2)12-18(11-15)31-14-23(28)26-17-8-9-21(22(13-17)30-3)27-24(29)19-6-4-5-7-20(19)25/h4-13H,14H2,1-3H3,(H,26,28)(H,27,29). The van der Waals surface area contributed by atoms with Gasteiger partial charge in [-0.3, -0.25) is 9.59 Å². The van der Waals surface area contributed by atoms with Crippen molar-refractivity contribution >= 4 is 34.8 Å². The van der Waals surface area contributed by atoms with E-state index in [1.54, 1.807) is 42.5 Å². The molecule has 0 saturated heterocycles. The zero-order valence-corrected chi connectivity index (χ0v) is 18.2. The molecule has 0 radical (unpaired) electrons. The highest BCUT2D eigenvalue weighted by molar-refractivity contribution is 6.34. The van der Waals surface area contributed by atoms with E-state index in [0.717, 1.165) is 11.1 Å². The van der Waals surface area contributed by atoms with Crippen LogP contribution in [0.15, 0.2) is 60.7 Å². The number of rotatable bonds is 7. The monoisotopic (exact) mass is 438 g/mol. The molecule has 6 nitrogen and oxygen atoms in total. The highest BCUT2D eigenvalue weighted by Crippen LogP contribution is 2.29. The third-order valence-electron chi connectivity index (χ3n) is 4.42. The van der Waals surface area contributed by atoms with Crippen LogP contribution in [-0.4, -0.2) is 25.5 Å². The predicted octanol–water partition coefficient (Wildman–Crippen LogP) is 5.24. The molecule has 2 amide bonds. The van der Waals surface area contributed by atoms with E-state index in [2.05, 4.69) is 10.6 Å². The van der Waals surface area contributed by atoms with Crippen molar-refractivity contribution in [3.05, 3.63) is 82.4 Å². The molecule has 0 saturated carbocycles. The van der Waals surface area contributed by atoms with Crippen molar-refractivity contribution in [2.45, 2.75) is 13.8 Å². The van der Waals surface area contributed by atoms with Gasteiger partial charge in [0.1, 0.15) is 11.5 Å². The first-order valence-corrected chi connectivity index (χ1v) is 9.98. The maximum absolute atomic E-state index is 12.5. The van der Waals surface area contributed by atoms with Crippen molar-refractivity contribution in [1.29, 1.82) is 0 Å². The van der Waals surface area contributed by atoms with Crippen LogP contribution in [0.3, 0.4) is 0 Å². The maximum Gasteiger partial charge on any atom is 0.262 e. The van der Waals surface area contributed by atoms with Gasteiger partial charge >= 0.3 is 0 Å². The first-order valence-electron chi connectivity index (χ1n) is 9.60. The van der Waals surface area contributed by atoms with Crippen LogP contribution in [0.25, 0.3) is 0 Å². The van der Waals surface area contributed by atoms with Crippen LogP contribution in [-0.2, 0) is 4.79 Å². The lowest BCUT2D eigenvalue weighted by Crippen LogP contribution is -2.20. The van der Waals surface area contributed by atoms with E-state index < -0.39 is 0 Å². The van der Waals surface area contributed by atoms with Crippen molar-refractivity contribution in [2.24, 2.45) is 0 Å². The lowest BCUT2D eigenvalue weighted by Gasteiger charge is -2.13. The topological polar surface area (TPSA) is 76.7 Å². The van der Waals surface area contributed by atoms with E-state index in [-0.39, 0.29) is 18.4 Å². The van der Waals surface area contributed by atoms with Gasteiger partial charge < -0.3 is 20.1 Å². The molecule has 0 aromatic heterocycles. The smallest absolute Gasteiger partial charge is 0.262 e. The van der Waals surface area contributed by atoms with Crippen molar-refractivity contribution < 1.29 is 19.1 Å². The fourth-order valence-electron chi connectivity index (χ4n) is 3.07. The highest BCUT2D eigenvalue weighted by Gasteiger charge is 2.14. The summed E-state index contributed by atoms with van der Waals surface area (Å²) in [6, 6.07) is 17.5. The lowest BCUT2D eigenvalue weighted by atomic mass is 10.1. The molecule has 0 fully saturated rings. The zero-order chi connectivity index (χ0) is 22.4. The van der Waals surface area contributed by atoms with Gasteiger partial charge in [0.25, 0.3) is 11.8 Å². The molecule has 0 aliphatic carbocycles. The van der Waals surface area contributed by atoms with Crippen LogP contribution < -0.4 is 20.1 Å². The molecule has 31 heavy (non-hydrogen) atoms. The molecule has 2 N–H and O–H groups in total. The van der Waals surface area contributed by atoms with E-state index in [4.69, 9.17) is 21.1 Å². The Kier molecular flexibility index (Phi) is 7.15. The molecular weight excluding hydrogens is 416 g/mol. The predicted molar refractivity (Wildman–Crippen MR) is 122 cm³/mol. The van der Waals surface area contributed by atoms with Crippen LogP contribution in [0.1, 0.15) is 21.5 Å². The van der Waals surface area contributed by atoms with Gasteiger partial charge in [-0.1, -0.05) is 29.8 Å². The van der Waals surface area contributed by atoms with Gasteiger partial charge in [0.2, 0.25) is 0 Å². The molecule has 0 atom stereocenters. The number of amides is 2. The van der Waals surface area contributed by atoms with Crippen molar-refractivity contribution in [3.63, 3.8) is 0 Å². The molecule has 0 bridgehead atoms. The Morgan fingerprint density at radius 2 is 1.65 bits per heavy atom. The number of aryl methyl sites for hydroxylation is 2. The second kappa shape index (κ2) is 10.00. The Labute approximate surface area is 186 Å². The molecule has 3 rings (SSSR count). The molecule has 7 heteroatoms. The molecule has 160 valence electrons. The first kappa shape index (κ1) is 22.2. The van der Waals surface area contributed by atoms with Gasteiger partial charge in [0.15, 0.2) is 6.61 Å². The summed E-state index contributed by atoms with van der Waals surface area (Å²) in [5, 5.41) is 5.88. The van der Waals surface area contributed by atoms with E-state index in [1.807, 2.05) is 32.0 Å². The Balaban J connectivity index is 1.64. The van der Waals surface area contributed by atoms with Crippen molar-refractivity contribution in [3.8, 4) is 11.5 Å². The Morgan fingerprint density at radius 3 is 2.32 bits per heavy atom. The second-order valence-electron chi connectivity index (χ2n) is 7.01. The molecule has 0 aliphatic rings. The molecule has 3 aromatic rings. The number of methoxy groups -OCH3 is 1. The quantitative estimate of drug-likeness (QED) is 0.529. The molecule has 0 aliphatic heterocycles. The molecule has 3 aromatic carbocycles. The van der Waals surface area contributed by atoms with Gasteiger partial charge in [0, 0.05) is 11.8 Å². The minimum Gasteiger partial charge on any atom is -0.494 e. The SMILES string of the molecule is COc1cc(NC(=O)COc2cc(C)cc(C)c2)ccc1NC(=O)c1ccccc1Cl. The Hall–Kier alpha value is -3.51. The first-order chi connectivity index (χ1) is 14.9. The minimum atomic E-state index is -0.359. The Morgan fingerprint density at radius 1 is 0.935 bits per heavy atom. The Bertz CT molecular complexity index is 1090. The summed E-state index contributed by atoms with van der Waals surface area (Å²) in [4.78, 5) is 24.8. The fraction of sp³-hybridized carbons (Fsp3) is 0.167. The average molecular weight is 439 g/mol. The molecule has 0 heterocycles. The van der Waals surface area contributed by atoms with Crippen molar-refractivity contribution in [2.75, 3.05) is 24.4 Å². The summed E-state index contributed by atoms with van der Waals surface area (Å²) in [7, 11) is 1.48. The number of halogens is 1. The number of hydrogen-bond donors (Lipinski definition) is 2. The van der Waals surface area contributed by atoms with Gasteiger partial charge in [-0.05, 0) is 61.4 Å². The number of nitrogens with one attached hydrogen (secondary N) is 2. The van der Waals surface area contributed by atoms with E-state index in [9.17, 15) is 9.59 Å². The minimum absolute atomic E-state index is 0.129. The summed E-state index contributed by atoms with van der Waals surface area (Å²) in [6.45, 7) is 3.81. The van der Waals surface area contributed by atoms with Gasteiger partial charge in [-0.25, -0.2) is 0 Å². The maximum atomic E-state index is 12.5. The van der Waals surface area contributed by atoms with Crippen LogP contribution in [0, 0.1) is 13.8 Å². The third-order valence-corrected chi connectivity index (χ3v) is 4.75. The lowest BCUT2D eigenvalue weighted by molar-refractivity contribution is -0.118. The number of ether oxygens (including phenoxy) is 2. The number of hydrogen-bond acceptors (Lipinski definition) is 4. The van der Waals surface area contributed by atoms with E-state index >= 15 is 0 Å². The number of carbonyl (C=O) groups is 2. The van der Waals surface area contributed by atoms with Gasteiger partial charge in [-0.2, -0.15) is 0 Å². The van der Waals surface area contributed by atoms with E-state index in [1.165, 1.54) is 7.11 Å². The normalized spacial score (nSPS) is 10.3. The zero-order valence-electron chi connectivity index (χ0n) is 17.5. The summed E-state index contributed by atoms with van der Waals surface area (Å²) < 4.78 is 10.9. The largest absolute Gasteiger partial charge is 0.494 e. The summed E-state index contributed by atoms with van der Waals surface area (Å²) in [6.07, 6.45) is 0. The van der Waals surface area contributed by atoms with Gasteiger partial charge in [-0.15, -0.1) is 0 Å². The van der Waals surface area contributed by atoms with E-state index in [0.29, 0.717) is 33.5 Å². The van der Waals surface area contributed by atoms with Crippen LogP contribution in [0.5, 0.6) is 11.5 Å². The third kappa shape index (κ3) is 5.99.